The number of amides is 2. The van der Waals surface area contributed by atoms with Crippen molar-refractivity contribution in [3.63, 3.8) is 0 Å². The summed E-state index contributed by atoms with van der Waals surface area (Å²) < 4.78 is 34.8. The van der Waals surface area contributed by atoms with Crippen molar-refractivity contribution in [2.75, 3.05) is 26.1 Å². The number of nitrogens with one attached hydrogen (secondary N) is 1. The van der Waals surface area contributed by atoms with Crippen molar-refractivity contribution >= 4 is 49.1 Å². The quantitative estimate of drug-likeness (QED) is 0.509. The maximum atomic E-state index is 12.9. The molecule has 4 rings (SSSR count). The van der Waals surface area contributed by atoms with Crippen LogP contribution in [0.1, 0.15) is 30.1 Å². The van der Waals surface area contributed by atoms with Crippen LogP contribution in [0.15, 0.2) is 52.4 Å². The number of nitrogens with zero attached hydrogens (tertiary/aromatic N) is 3. The lowest BCUT2D eigenvalue weighted by Crippen LogP contribution is -2.28. The Kier molecular flexibility index (Phi) is 6.99. The average molecular weight is 503 g/mol. The van der Waals surface area contributed by atoms with Crippen molar-refractivity contribution in [3.05, 3.63) is 52.8 Å². The molecule has 1 aliphatic carbocycles. The van der Waals surface area contributed by atoms with Gasteiger partial charge in [0.25, 0.3) is 5.91 Å². The van der Waals surface area contributed by atoms with Crippen molar-refractivity contribution in [3.8, 4) is 0 Å². The number of ether oxygens (including phenoxy) is 1. The third kappa shape index (κ3) is 5.12. The number of hydrogen-bond acceptors (Lipinski definition) is 6. The first-order valence-electron chi connectivity index (χ1n) is 10.8. The number of fused-ring (bicyclic) bond motifs is 1. The summed E-state index contributed by atoms with van der Waals surface area (Å²) in [5.41, 5.74) is 1.82. The van der Waals surface area contributed by atoms with E-state index in [0.29, 0.717) is 29.2 Å². The van der Waals surface area contributed by atoms with Gasteiger partial charge in [0.15, 0.2) is 4.80 Å². The molecule has 9 nitrogen and oxygen atoms in total. The molecule has 0 radical (unpaired) electrons. The number of anilines is 1. The van der Waals surface area contributed by atoms with E-state index >= 15 is 0 Å². The van der Waals surface area contributed by atoms with Crippen LogP contribution in [-0.2, 0) is 26.1 Å². The van der Waals surface area contributed by atoms with E-state index in [9.17, 15) is 18.0 Å². The summed E-state index contributed by atoms with van der Waals surface area (Å²) in [6.07, 6.45) is 1.74. The lowest BCUT2D eigenvalue weighted by Gasteiger charge is -2.16. The number of thiazole rings is 1. The molecule has 0 saturated heterocycles. The summed E-state index contributed by atoms with van der Waals surface area (Å²) in [5.74, 6) is -0.642. The maximum absolute atomic E-state index is 12.9. The third-order valence-electron chi connectivity index (χ3n) is 5.56. The molecule has 1 N–H and O–H groups in total. The van der Waals surface area contributed by atoms with Crippen LogP contribution in [0.5, 0.6) is 0 Å². The van der Waals surface area contributed by atoms with E-state index in [0.717, 1.165) is 23.1 Å². The van der Waals surface area contributed by atoms with E-state index < -0.39 is 15.9 Å². The van der Waals surface area contributed by atoms with Crippen LogP contribution in [-0.4, -0.2) is 55.9 Å². The van der Waals surface area contributed by atoms with Crippen molar-refractivity contribution in [1.29, 1.82) is 0 Å². The lowest BCUT2D eigenvalue weighted by molar-refractivity contribution is -0.114. The molecule has 0 unspecified atom stereocenters. The fourth-order valence-corrected chi connectivity index (χ4v) is 6.07. The Morgan fingerprint density at radius 2 is 1.91 bits per heavy atom. The molecule has 34 heavy (non-hydrogen) atoms. The zero-order chi connectivity index (χ0) is 24.5. The Morgan fingerprint density at radius 3 is 2.53 bits per heavy atom. The minimum atomic E-state index is -3.58. The second-order valence-corrected chi connectivity index (χ2v) is 11.1. The summed E-state index contributed by atoms with van der Waals surface area (Å²) in [5, 5.41) is 2.76. The molecule has 1 heterocycles. The Bertz CT molecular complexity index is 1400. The van der Waals surface area contributed by atoms with E-state index in [4.69, 9.17) is 4.74 Å². The zero-order valence-electron chi connectivity index (χ0n) is 19.1. The van der Waals surface area contributed by atoms with Crippen LogP contribution >= 0.6 is 11.3 Å². The summed E-state index contributed by atoms with van der Waals surface area (Å²) in [6.45, 7) is 2.37. The van der Waals surface area contributed by atoms with Crippen LogP contribution in [0, 0.1) is 0 Å². The van der Waals surface area contributed by atoms with Gasteiger partial charge < -0.3 is 14.6 Å². The standard InChI is InChI=1S/C23H26N4O5S2/c1-15(28)24-17-6-11-20-21(14-17)33-23(27(20)12-13-32-3)25-22(29)16-4-9-19(10-5-16)34(30,31)26(2)18-7-8-18/h4-6,9-11,14,18H,7-8,12-13H2,1-3H3,(H,24,28). The van der Waals surface area contributed by atoms with E-state index in [1.807, 2.05) is 16.7 Å². The summed E-state index contributed by atoms with van der Waals surface area (Å²) in [6, 6.07) is 11.4. The summed E-state index contributed by atoms with van der Waals surface area (Å²) in [7, 11) is -0.397. The van der Waals surface area contributed by atoms with Crippen LogP contribution in [0.3, 0.4) is 0 Å². The van der Waals surface area contributed by atoms with Gasteiger partial charge in [-0.05, 0) is 55.3 Å². The number of sulfonamides is 1. The topological polar surface area (TPSA) is 110 Å². The molecule has 180 valence electrons. The van der Waals surface area contributed by atoms with Crippen LogP contribution < -0.4 is 10.1 Å². The van der Waals surface area contributed by atoms with Gasteiger partial charge in [0.05, 0.1) is 21.7 Å². The minimum absolute atomic E-state index is 0.0583. The van der Waals surface area contributed by atoms with E-state index in [-0.39, 0.29) is 16.8 Å². The molecule has 2 amide bonds. The highest BCUT2D eigenvalue weighted by atomic mass is 32.2. The molecular weight excluding hydrogens is 476 g/mol. The number of carbonyl (C=O) groups excluding carboxylic acids is 2. The summed E-state index contributed by atoms with van der Waals surface area (Å²) in [4.78, 5) is 29.3. The van der Waals surface area contributed by atoms with E-state index in [1.54, 1.807) is 20.2 Å². The van der Waals surface area contributed by atoms with Gasteiger partial charge >= 0.3 is 0 Å². The van der Waals surface area contributed by atoms with Crippen molar-refractivity contribution in [1.82, 2.24) is 8.87 Å². The third-order valence-corrected chi connectivity index (χ3v) is 8.52. The van der Waals surface area contributed by atoms with Gasteiger partial charge in [0.2, 0.25) is 15.9 Å². The second kappa shape index (κ2) is 9.79. The first kappa shape index (κ1) is 24.3. The highest BCUT2D eigenvalue weighted by Crippen LogP contribution is 2.30. The number of rotatable bonds is 8. The molecule has 2 aromatic carbocycles. The monoisotopic (exact) mass is 502 g/mol. The SMILES string of the molecule is COCCn1c(=NC(=O)c2ccc(S(=O)(=O)N(C)C3CC3)cc2)sc2cc(NC(C)=O)ccc21. The first-order valence-corrected chi connectivity index (χ1v) is 13.0. The second-order valence-electron chi connectivity index (χ2n) is 8.09. The molecule has 1 fully saturated rings. The average Bonchev–Trinajstić information content (AvgIpc) is 3.59. The van der Waals surface area contributed by atoms with Crippen molar-refractivity contribution in [2.45, 2.75) is 37.2 Å². The number of hydrogen-bond donors (Lipinski definition) is 1. The molecule has 0 atom stereocenters. The Hall–Kier alpha value is -2.86. The Labute approximate surface area is 201 Å². The van der Waals surface area contributed by atoms with Gasteiger partial charge in [-0.2, -0.15) is 9.30 Å². The van der Waals surface area contributed by atoms with E-state index in [1.165, 1.54) is 46.8 Å². The zero-order valence-corrected chi connectivity index (χ0v) is 20.8. The number of benzene rings is 2. The molecule has 1 aromatic heterocycles. The van der Waals surface area contributed by atoms with Crippen LogP contribution in [0.25, 0.3) is 10.2 Å². The number of methoxy groups -OCH3 is 1. The van der Waals surface area contributed by atoms with Gasteiger partial charge in [-0.15, -0.1) is 0 Å². The van der Waals surface area contributed by atoms with Gasteiger partial charge in [-0.1, -0.05) is 11.3 Å². The molecule has 0 bridgehead atoms. The Morgan fingerprint density at radius 1 is 1.21 bits per heavy atom. The van der Waals surface area contributed by atoms with Gasteiger partial charge in [-0.3, -0.25) is 9.59 Å². The molecular formula is C23H26N4O5S2. The van der Waals surface area contributed by atoms with Crippen LogP contribution in [0.4, 0.5) is 5.69 Å². The van der Waals surface area contributed by atoms with Crippen LogP contribution in [0.2, 0.25) is 0 Å². The molecule has 11 heteroatoms. The highest BCUT2D eigenvalue weighted by molar-refractivity contribution is 7.89. The molecule has 1 saturated carbocycles. The molecule has 1 aliphatic rings. The smallest absolute Gasteiger partial charge is 0.279 e. The lowest BCUT2D eigenvalue weighted by atomic mass is 10.2. The largest absolute Gasteiger partial charge is 0.383 e. The minimum Gasteiger partial charge on any atom is -0.383 e. The van der Waals surface area contributed by atoms with Gasteiger partial charge in [-0.25, -0.2) is 8.42 Å². The Balaban J connectivity index is 1.66. The number of carbonyl (C=O) groups is 2. The van der Waals surface area contributed by atoms with Gasteiger partial charge in [0.1, 0.15) is 0 Å². The highest BCUT2D eigenvalue weighted by Gasteiger charge is 2.35. The number of aromatic nitrogens is 1. The van der Waals surface area contributed by atoms with Crippen molar-refractivity contribution < 1.29 is 22.7 Å². The molecule has 3 aromatic rings. The normalized spacial score (nSPS) is 14.6. The fraction of sp³-hybridized carbons (Fsp3) is 0.348. The molecule has 0 spiro atoms. The van der Waals surface area contributed by atoms with Crippen molar-refractivity contribution in [2.24, 2.45) is 4.99 Å². The maximum Gasteiger partial charge on any atom is 0.279 e. The predicted octanol–water partition coefficient (Wildman–Crippen LogP) is 2.83. The van der Waals surface area contributed by atoms with Gasteiger partial charge in [0, 0.05) is 44.9 Å². The molecule has 0 aliphatic heterocycles. The predicted molar refractivity (Wildman–Crippen MR) is 130 cm³/mol. The first-order chi connectivity index (χ1) is 16.2. The fourth-order valence-electron chi connectivity index (χ4n) is 3.56. The summed E-state index contributed by atoms with van der Waals surface area (Å²) >= 11 is 1.33. The van der Waals surface area contributed by atoms with E-state index in [2.05, 4.69) is 10.3 Å².